The highest BCUT2D eigenvalue weighted by atomic mass is 31.2. The summed E-state index contributed by atoms with van der Waals surface area (Å²) in [6.45, 7) is 6.91. The summed E-state index contributed by atoms with van der Waals surface area (Å²) in [5.74, 6) is -0.516. The van der Waals surface area contributed by atoms with Gasteiger partial charge in [0.05, 0.1) is 33.8 Å². The van der Waals surface area contributed by atoms with E-state index in [0.29, 0.717) is 17.4 Å². The van der Waals surface area contributed by atoms with Gasteiger partial charge in [-0.05, 0) is 83.1 Å². The third-order valence-corrected chi connectivity index (χ3v) is 15.3. The van der Waals surface area contributed by atoms with Gasteiger partial charge in [-0.2, -0.15) is 0 Å². The van der Waals surface area contributed by atoms with Gasteiger partial charge in [0.1, 0.15) is 19.3 Å². The van der Waals surface area contributed by atoms with E-state index in [2.05, 4.69) is 99.0 Å². The molecular weight excluding hydrogens is 1000 g/mol. The molecule has 10 heteroatoms. The highest BCUT2D eigenvalue weighted by molar-refractivity contribution is 7.47. The highest BCUT2D eigenvalue weighted by Crippen LogP contribution is 2.43. The number of amides is 1. The molecule has 0 fully saturated rings. The van der Waals surface area contributed by atoms with Gasteiger partial charge < -0.3 is 19.4 Å². The van der Waals surface area contributed by atoms with Crippen LogP contribution in [0.5, 0.6) is 0 Å². The Morgan fingerprint density at radius 2 is 0.810 bits per heavy atom. The first-order chi connectivity index (χ1) is 38.4. The number of nitrogens with zero attached hydrogens (tertiary/aromatic N) is 1. The lowest BCUT2D eigenvalue weighted by Crippen LogP contribution is -2.47. The van der Waals surface area contributed by atoms with Crippen LogP contribution in [0.2, 0.25) is 0 Å². The Kier molecular flexibility index (Phi) is 56.3. The minimum Gasteiger partial charge on any atom is -0.456 e. The van der Waals surface area contributed by atoms with Crippen LogP contribution in [0.15, 0.2) is 85.1 Å². The van der Waals surface area contributed by atoms with Gasteiger partial charge in [0.2, 0.25) is 5.91 Å². The van der Waals surface area contributed by atoms with Gasteiger partial charge in [-0.15, -0.1) is 0 Å². The normalized spacial score (nSPS) is 14.2. The van der Waals surface area contributed by atoms with Crippen molar-refractivity contribution < 1.29 is 37.3 Å². The summed E-state index contributed by atoms with van der Waals surface area (Å²) in [5, 5.41) is 3.06. The second kappa shape index (κ2) is 58.4. The molecule has 0 aromatic carbocycles. The molecule has 0 aromatic rings. The third kappa shape index (κ3) is 59.6. The summed E-state index contributed by atoms with van der Waals surface area (Å²) in [5.41, 5.74) is 0. The number of hydrogen-bond donors (Lipinski definition) is 2. The molecule has 0 heterocycles. The van der Waals surface area contributed by atoms with Gasteiger partial charge in [0.15, 0.2) is 0 Å². The molecule has 458 valence electrons. The van der Waals surface area contributed by atoms with E-state index in [9.17, 15) is 19.0 Å². The van der Waals surface area contributed by atoms with E-state index >= 15 is 0 Å². The zero-order chi connectivity index (χ0) is 57.9. The van der Waals surface area contributed by atoms with Crippen molar-refractivity contribution in [2.75, 3.05) is 40.9 Å². The number of carbonyl (C=O) groups excluding carboxylic acids is 2. The zero-order valence-corrected chi connectivity index (χ0v) is 53.2. The zero-order valence-electron chi connectivity index (χ0n) is 52.3. The van der Waals surface area contributed by atoms with Crippen LogP contribution in [0.3, 0.4) is 0 Å². The maximum absolute atomic E-state index is 13.6. The van der Waals surface area contributed by atoms with Crippen molar-refractivity contribution in [1.82, 2.24) is 5.32 Å². The summed E-state index contributed by atoms with van der Waals surface area (Å²) < 4.78 is 30.7. The molecule has 0 rings (SSSR count). The van der Waals surface area contributed by atoms with Crippen LogP contribution < -0.4 is 5.32 Å². The van der Waals surface area contributed by atoms with E-state index in [4.69, 9.17) is 13.8 Å². The standard InChI is InChI=1S/C69H125N2O7P/c1-7-10-13-16-19-22-25-28-30-32-33-34-35-36-37-38-39-40-42-44-47-50-53-56-59-62-69(73)78-67(60-57-54-51-48-45-27-24-21-18-15-12-9-3)66(65-77-79(74,75)76-64-63-71(4,5)6)70-68(72)61-58-55-52-49-46-43-41-31-29-26-23-20-17-14-11-8-2/h10,13,19,22,28,30,33-34,36-37,39-40,57,60,66-67H,7-9,11-12,14-18,20-21,23-27,29,31-32,35,38,41-56,58-59,61-65H2,1-6H3,(H-,70,72,74,75)/p+1/b13-10-,22-19-,30-28-,34-33-,37-36-,40-39-,60-57+. The second-order valence-electron chi connectivity index (χ2n) is 23.3. The highest BCUT2D eigenvalue weighted by Gasteiger charge is 2.30. The minimum absolute atomic E-state index is 0.0359. The Morgan fingerprint density at radius 1 is 0.456 bits per heavy atom. The lowest BCUT2D eigenvalue weighted by atomic mass is 10.0. The summed E-state index contributed by atoms with van der Waals surface area (Å²) in [4.78, 5) is 37.8. The largest absolute Gasteiger partial charge is 0.472 e. The van der Waals surface area contributed by atoms with Gasteiger partial charge in [-0.25, -0.2) is 4.57 Å². The van der Waals surface area contributed by atoms with Crippen molar-refractivity contribution in [3.05, 3.63) is 85.1 Å². The third-order valence-electron chi connectivity index (χ3n) is 14.3. The number of ether oxygens (including phenoxy) is 1. The number of allylic oxidation sites excluding steroid dienone is 13. The van der Waals surface area contributed by atoms with Crippen molar-refractivity contribution in [3.8, 4) is 0 Å². The van der Waals surface area contributed by atoms with Crippen molar-refractivity contribution in [2.45, 2.75) is 303 Å². The average Bonchev–Trinajstić information content (AvgIpc) is 3.41. The monoisotopic (exact) mass is 1130 g/mol. The number of hydrogen-bond acceptors (Lipinski definition) is 6. The molecule has 0 bridgehead atoms. The molecule has 3 unspecified atom stereocenters. The maximum Gasteiger partial charge on any atom is 0.472 e. The number of phosphoric acid groups is 1. The fourth-order valence-electron chi connectivity index (χ4n) is 9.30. The first kappa shape index (κ1) is 76.2. The van der Waals surface area contributed by atoms with Gasteiger partial charge in [0, 0.05) is 12.8 Å². The number of esters is 1. The van der Waals surface area contributed by atoms with Crippen molar-refractivity contribution in [1.29, 1.82) is 0 Å². The lowest BCUT2D eigenvalue weighted by Gasteiger charge is -2.27. The fraction of sp³-hybridized carbons (Fsp3) is 0.768. The summed E-state index contributed by atoms with van der Waals surface area (Å²) in [7, 11) is 1.49. The Labute approximate surface area is 488 Å². The van der Waals surface area contributed by atoms with Gasteiger partial charge in [-0.1, -0.05) is 280 Å². The Bertz CT molecular complexity index is 1630. The molecule has 0 saturated carbocycles. The van der Waals surface area contributed by atoms with Crippen LogP contribution in [0.1, 0.15) is 290 Å². The number of likely N-dealkylation sites (N-methyl/N-ethyl adjacent to an activating group) is 1. The van der Waals surface area contributed by atoms with Crippen molar-refractivity contribution in [2.24, 2.45) is 0 Å². The first-order valence-corrected chi connectivity index (χ1v) is 34.4. The molecule has 0 aromatic heterocycles. The van der Waals surface area contributed by atoms with E-state index in [1.165, 1.54) is 135 Å². The van der Waals surface area contributed by atoms with E-state index in [1.807, 2.05) is 33.3 Å². The molecule has 2 N–H and O–H groups in total. The van der Waals surface area contributed by atoms with Gasteiger partial charge >= 0.3 is 13.8 Å². The molecule has 79 heavy (non-hydrogen) atoms. The number of unbranched alkanes of at least 4 members (excludes halogenated alkanes) is 31. The minimum atomic E-state index is -4.46. The molecule has 0 radical (unpaired) electrons. The predicted octanol–water partition coefficient (Wildman–Crippen LogP) is 20.6. The molecule has 0 saturated heterocycles. The van der Waals surface area contributed by atoms with Crippen LogP contribution in [0, 0.1) is 0 Å². The van der Waals surface area contributed by atoms with Crippen LogP contribution in [0.25, 0.3) is 0 Å². The van der Waals surface area contributed by atoms with Crippen molar-refractivity contribution >= 4 is 19.7 Å². The number of quaternary nitrogens is 1. The summed E-state index contributed by atoms with van der Waals surface area (Å²) in [6, 6.07) is -0.856. The van der Waals surface area contributed by atoms with E-state index in [0.717, 1.165) is 122 Å². The summed E-state index contributed by atoms with van der Waals surface area (Å²) >= 11 is 0. The van der Waals surface area contributed by atoms with Gasteiger partial charge in [0.25, 0.3) is 0 Å². The average molecular weight is 1130 g/mol. The Balaban J connectivity index is 5.18. The lowest BCUT2D eigenvalue weighted by molar-refractivity contribution is -0.870. The topological polar surface area (TPSA) is 111 Å². The number of carbonyl (C=O) groups is 2. The molecule has 0 aliphatic carbocycles. The van der Waals surface area contributed by atoms with Crippen molar-refractivity contribution in [3.63, 3.8) is 0 Å². The SMILES string of the molecule is CC/C=C\C/C=C\C/C=C\C/C=C\C/C=C\C/C=C\CCCCCCCCC(=O)OC(/C=C/CCCCCCCCCCCC)C(COP(=O)(O)OCC[N+](C)(C)C)NC(=O)CCCCCCCCCCCCCCCCCC. The van der Waals surface area contributed by atoms with Crippen LogP contribution >= 0.6 is 7.82 Å². The number of nitrogens with one attached hydrogen (secondary N) is 1. The fourth-order valence-corrected chi connectivity index (χ4v) is 10.0. The molecule has 0 aliphatic rings. The molecule has 1 amide bonds. The maximum atomic E-state index is 13.6. The Hall–Kier alpha value is -2.81. The molecule has 9 nitrogen and oxygen atoms in total. The van der Waals surface area contributed by atoms with Gasteiger partial charge in [-0.3, -0.25) is 18.6 Å². The van der Waals surface area contributed by atoms with E-state index in [1.54, 1.807) is 0 Å². The van der Waals surface area contributed by atoms with E-state index in [-0.39, 0.29) is 31.5 Å². The molecule has 3 atom stereocenters. The number of rotatable bonds is 59. The molecule has 0 aliphatic heterocycles. The smallest absolute Gasteiger partial charge is 0.456 e. The molecule has 0 spiro atoms. The molecular formula is C69H126N2O7P+. The summed E-state index contributed by atoms with van der Waals surface area (Å²) in [6.07, 6.45) is 77.2. The number of phosphoric ester groups is 1. The first-order valence-electron chi connectivity index (χ1n) is 32.9. The van der Waals surface area contributed by atoms with Crippen LogP contribution in [0.4, 0.5) is 0 Å². The predicted molar refractivity (Wildman–Crippen MR) is 341 cm³/mol. The second-order valence-corrected chi connectivity index (χ2v) is 24.7. The van der Waals surface area contributed by atoms with E-state index < -0.39 is 20.0 Å². The van der Waals surface area contributed by atoms with Crippen LogP contribution in [-0.2, 0) is 27.9 Å². The Morgan fingerprint density at radius 3 is 1.22 bits per heavy atom. The van der Waals surface area contributed by atoms with Crippen LogP contribution in [-0.4, -0.2) is 74.3 Å². The quantitative estimate of drug-likeness (QED) is 0.0205.